The Hall–Kier alpha value is -1.91. The lowest BCUT2D eigenvalue weighted by atomic mass is 10.1. The number of carbonyl (C=O) groups is 2. The van der Waals surface area contributed by atoms with Crippen LogP contribution >= 0.6 is 0 Å². The molecule has 1 aliphatic heterocycles. The summed E-state index contributed by atoms with van der Waals surface area (Å²) < 4.78 is 13.3. The molecule has 2 amide bonds. The molecule has 1 saturated carbocycles. The summed E-state index contributed by atoms with van der Waals surface area (Å²) in [5.74, 6) is -0.272. The number of anilines is 1. The van der Waals surface area contributed by atoms with Crippen molar-refractivity contribution >= 4 is 17.5 Å². The van der Waals surface area contributed by atoms with E-state index in [9.17, 15) is 14.0 Å². The van der Waals surface area contributed by atoms with Crippen LogP contribution in [-0.4, -0.2) is 24.4 Å². The largest absolute Gasteiger partial charge is 0.351 e. The minimum absolute atomic E-state index is 0.0615. The minimum atomic E-state index is -0.362. The Morgan fingerprint density at radius 2 is 2.05 bits per heavy atom. The van der Waals surface area contributed by atoms with Crippen LogP contribution < -0.4 is 10.2 Å². The molecule has 5 heteroatoms. The molecule has 1 N–H and O–H groups in total. The summed E-state index contributed by atoms with van der Waals surface area (Å²) in [6.45, 7) is 0.417. The zero-order valence-corrected chi connectivity index (χ0v) is 11.8. The van der Waals surface area contributed by atoms with Crippen molar-refractivity contribution in [3.05, 3.63) is 30.1 Å². The van der Waals surface area contributed by atoms with E-state index in [2.05, 4.69) is 5.32 Å². The summed E-state index contributed by atoms with van der Waals surface area (Å²) in [4.78, 5) is 25.7. The van der Waals surface area contributed by atoms with Crippen molar-refractivity contribution in [3.8, 4) is 0 Å². The molecule has 4 nitrogen and oxygen atoms in total. The molecule has 0 unspecified atom stereocenters. The van der Waals surface area contributed by atoms with Crippen LogP contribution in [0.1, 0.15) is 32.1 Å². The van der Waals surface area contributed by atoms with E-state index in [1.165, 1.54) is 12.1 Å². The summed E-state index contributed by atoms with van der Waals surface area (Å²) in [5, 5.41) is 2.97. The third-order valence-corrected chi connectivity index (χ3v) is 4.32. The van der Waals surface area contributed by atoms with Gasteiger partial charge in [0.15, 0.2) is 0 Å². The lowest BCUT2D eigenvalue weighted by Crippen LogP contribution is -2.40. The first kappa shape index (κ1) is 14.0. The van der Waals surface area contributed by atoms with Crippen LogP contribution in [0.4, 0.5) is 10.1 Å². The number of nitrogens with one attached hydrogen (secondary N) is 1. The Morgan fingerprint density at radius 3 is 2.76 bits per heavy atom. The van der Waals surface area contributed by atoms with Crippen molar-refractivity contribution in [2.45, 2.75) is 38.1 Å². The predicted octanol–water partition coefficient (Wildman–Crippen LogP) is 2.24. The van der Waals surface area contributed by atoms with Crippen LogP contribution in [0.5, 0.6) is 0 Å². The fourth-order valence-corrected chi connectivity index (χ4v) is 3.20. The number of benzene rings is 1. The average Bonchev–Trinajstić information content (AvgIpc) is 3.08. The van der Waals surface area contributed by atoms with E-state index in [0.717, 1.165) is 25.7 Å². The lowest BCUT2D eigenvalue weighted by Gasteiger charge is -2.18. The van der Waals surface area contributed by atoms with Crippen molar-refractivity contribution in [1.29, 1.82) is 0 Å². The van der Waals surface area contributed by atoms with Gasteiger partial charge in [-0.05, 0) is 31.0 Å². The predicted molar refractivity (Wildman–Crippen MR) is 77.3 cm³/mol. The van der Waals surface area contributed by atoms with Crippen LogP contribution in [0.2, 0.25) is 0 Å². The number of halogens is 1. The van der Waals surface area contributed by atoms with Crippen molar-refractivity contribution in [2.75, 3.05) is 11.4 Å². The molecule has 1 heterocycles. The fraction of sp³-hybridized carbons (Fsp3) is 0.500. The molecular weight excluding hydrogens is 271 g/mol. The Balaban J connectivity index is 1.63. The standard InChI is InChI=1S/C16H19FN2O2/c17-12-6-3-7-14(8-12)19-10-13(9-15(19)20)18-16(21)11-4-1-2-5-11/h3,6-8,11,13H,1-2,4-5,9-10H2,(H,18,21)/t13-/m1/s1. The van der Waals surface area contributed by atoms with Gasteiger partial charge in [-0.25, -0.2) is 4.39 Å². The van der Waals surface area contributed by atoms with E-state index in [1.807, 2.05) is 0 Å². The Morgan fingerprint density at radius 1 is 1.29 bits per heavy atom. The maximum absolute atomic E-state index is 13.3. The molecule has 2 fully saturated rings. The van der Waals surface area contributed by atoms with E-state index >= 15 is 0 Å². The second-order valence-electron chi connectivity index (χ2n) is 5.88. The number of nitrogens with zero attached hydrogens (tertiary/aromatic N) is 1. The number of hydrogen-bond donors (Lipinski definition) is 1. The molecular formula is C16H19FN2O2. The maximum atomic E-state index is 13.3. The van der Waals surface area contributed by atoms with E-state index < -0.39 is 0 Å². The Kier molecular flexibility index (Phi) is 3.90. The highest BCUT2D eigenvalue weighted by Crippen LogP contribution is 2.26. The zero-order valence-electron chi connectivity index (χ0n) is 11.8. The van der Waals surface area contributed by atoms with Crippen molar-refractivity contribution < 1.29 is 14.0 Å². The van der Waals surface area contributed by atoms with Gasteiger partial charge in [-0.3, -0.25) is 9.59 Å². The fourth-order valence-electron chi connectivity index (χ4n) is 3.20. The summed E-state index contributed by atoms with van der Waals surface area (Å²) >= 11 is 0. The topological polar surface area (TPSA) is 49.4 Å². The first-order valence-electron chi connectivity index (χ1n) is 7.50. The van der Waals surface area contributed by atoms with Crippen molar-refractivity contribution in [3.63, 3.8) is 0 Å². The van der Waals surface area contributed by atoms with Gasteiger partial charge in [-0.15, -0.1) is 0 Å². The third-order valence-electron chi connectivity index (χ3n) is 4.32. The molecule has 1 aromatic carbocycles. The van der Waals surface area contributed by atoms with Crippen molar-refractivity contribution in [1.82, 2.24) is 5.32 Å². The van der Waals surface area contributed by atoms with Crippen LogP contribution in [-0.2, 0) is 9.59 Å². The molecule has 3 rings (SSSR count). The van der Waals surface area contributed by atoms with Crippen LogP contribution in [0.3, 0.4) is 0 Å². The first-order chi connectivity index (χ1) is 10.1. The molecule has 1 aliphatic carbocycles. The number of hydrogen-bond acceptors (Lipinski definition) is 2. The van der Waals surface area contributed by atoms with Gasteiger partial charge in [0.25, 0.3) is 0 Å². The van der Waals surface area contributed by atoms with E-state index in [1.54, 1.807) is 17.0 Å². The smallest absolute Gasteiger partial charge is 0.229 e. The van der Waals surface area contributed by atoms with Crippen LogP contribution in [0, 0.1) is 11.7 Å². The molecule has 1 saturated heterocycles. The highest BCUT2D eigenvalue weighted by atomic mass is 19.1. The summed E-state index contributed by atoms with van der Waals surface area (Å²) in [5.41, 5.74) is 0.553. The molecule has 0 aromatic heterocycles. The van der Waals surface area contributed by atoms with Crippen molar-refractivity contribution in [2.24, 2.45) is 5.92 Å². The average molecular weight is 290 g/mol. The molecule has 21 heavy (non-hydrogen) atoms. The second kappa shape index (κ2) is 5.84. The van der Waals surface area contributed by atoms with Gasteiger partial charge in [0.2, 0.25) is 11.8 Å². The molecule has 1 aromatic rings. The number of rotatable bonds is 3. The van der Waals surface area contributed by atoms with E-state index in [0.29, 0.717) is 12.2 Å². The lowest BCUT2D eigenvalue weighted by molar-refractivity contribution is -0.125. The monoisotopic (exact) mass is 290 g/mol. The molecule has 112 valence electrons. The van der Waals surface area contributed by atoms with Gasteiger partial charge >= 0.3 is 0 Å². The van der Waals surface area contributed by atoms with Gasteiger partial charge in [-0.1, -0.05) is 18.9 Å². The first-order valence-corrected chi connectivity index (χ1v) is 7.50. The van der Waals surface area contributed by atoms with Gasteiger partial charge in [0.05, 0.1) is 6.04 Å². The van der Waals surface area contributed by atoms with Gasteiger partial charge in [-0.2, -0.15) is 0 Å². The molecule has 1 atom stereocenters. The van der Waals surface area contributed by atoms with Gasteiger partial charge < -0.3 is 10.2 Å². The van der Waals surface area contributed by atoms with Gasteiger partial charge in [0, 0.05) is 24.6 Å². The Labute approximate surface area is 123 Å². The summed E-state index contributed by atoms with van der Waals surface area (Å²) in [7, 11) is 0. The highest BCUT2D eigenvalue weighted by Gasteiger charge is 2.33. The molecule has 0 bridgehead atoms. The second-order valence-corrected chi connectivity index (χ2v) is 5.88. The van der Waals surface area contributed by atoms with E-state index in [-0.39, 0.29) is 36.0 Å². The quantitative estimate of drug-likeness (QED) is 0.928. The van der Waals surface area contributed by atoms with E-state index in [4.69, 9.17) is 0 Å². The summed E-state index contributed by atoms with van der Waals surface area (Å²) in [6.07, 6.45) is 4.39. The van der Waals surface area contributed by atoms with Gasteiger partial charge in [0.1, 0.15) is 5.82 Å². The minimum Gasteiger partial charge on any atom is -0.351 e. The number of amides is 2. The third kappa shape index (κ3) is 3.06. The summed E-state index contributed by atoms with van der Waals surface area (Å²) in [6, 6.07) is 5.82. The Bertz CT molecular complexity index is 555. The molecule has 2 aliphatic rings. The van der Waals surface area contributed by atoms with Crippen LogP contribution in [0.15, 0.2) is 24.3 Å². The molecule has 0 radical (unpaired) electrons. The zero-order chi connectivity index (χ0) is 14.8. The molecule has 0 spiro atoms. The highest BCUT2D eigenvalue weighted by molar-refractivity contribution is 5.96. The van der Waals surface area contributed by atoms with Crippen LogP contribution in [0.25, 0.3) is 0 Å². The number of carbonyl (C=O) groups excluding carboxylic acids is 2. The SMILES string of the molecule is O=C(N[C@@H]1CC(=O)N(c2cccc(F)c2)C1)C1CCCC1. The normalized spacial score (nSPS) is 22.8. The maximum Gasteiger partial charge on any atom is 0.229 e.